The zero-order valence-electron chi connectivity index (χ0n) is 12.4. The highest BCUT2D eigenvalue weighted by molar-refractivity contribution is 5.29. The molecule has 0 aliphatic carbocycles. The van der Waals surface area contributed by atoms with Crippen LogP contribution in [-0.2, 0) is 6.54 Å². The zero-order chi connectivity index (χ0) is 14.3. The number of hydrogen-bond donors (Lipinski definition) is 1. The molecule has 0 radical (unpaired) electrons. The summed E-state index contributed by atoms with van der Waals surface area (Å²) in [5.74, 6) is 1.78. The van der Waals surface area contributed by atoms with E-state index in [1.165, 1.54) is 6.07 Å². The average molecular weight is 278 g/mol. The first kappa shape index (κ1) is 13.8. The lowest BCUT2D eigenvalue weighted by atomic mass is 9.85. The van der Waals surface area contributed by atoms with Crippen LogP contribution in [0.4, 0.5) is 4.39 Å². The van der Waals surface area contributed by atoms with Crippen molar-refractivity contribution in [2.45, 2.75) is 25.9 Å². The van der Waals surface area contributed by atoms with Crippen molar-refractivity contribution in [3.05, 3.63) is 29.6 Å². The quantitative estimate of drug-likeness (QED) is 0.918. The van der Waals surface area contributed by atoms with Crippen LogP contribution in [0.25, 0.3) is 0 Å². The summed E-state index contributed by atoms with van der Waals surface area (Å²) < 4.78 is 19.2. The van der Waals surface area contributed by atoms with Crippen LogP contribution >= 0.6 is 0 Å². The number of halogens is 1. The van der Waals surface area contributed by atoms with Gasteiger partial charge in [-0.2, -0.15) is 0 Å². The lowest BCUT2D eigenvalue weighted by Gasteiger charge is -2.35. The van der Waals surface area contributed by atoms with E-state index in [0.717, 1.165) is 25.2 Å². The molecule has 2 saturated heterocycles. The summed E-state index contributed by atoms with van der Waals surface area (Å²) in [6.07, 6.45) is 0. The van der Waals surface area contributed by atoms with Gasteiger partial charge in [-0.25, -0.2) is 4.39 Å². The Hall–Kier alpha value is -1.13. The van der Waals surface area contributed by atoms with Gasteiger partial charge in [-0.3, -0.25) is 4.90 Å². The molecule has 2 aliphatic heterocycles. The number of nitrogens with one attached hydrogen (secondary N) is 1. The van der Waals surface area contributed by atoms with Gasteiger partial charge in [0.25, 0.3) is 0 Å². The highest BCUT2D eigenvalue weighted by Gasteiger charge is 2.49. The fourth-order valence-electron chi connectivity index (χ4n) is 3.76. The molecule has 0 spiro atoms. The minimum atomic E-state index is -0.171. The summed E-state index contributed by atoms with van der Waals surface area (Å²) in [6, 6.07) is 5.15. The topological polar surface area (TPSA) is 24.5 Å². The molecule has 1 aromatic carbocycles. The van der Waals surface area contributed by atoms with E-state index >= 15 is 0 Å². The van der Waals surface area contributed by atoms with E-state index in [1.54, 1.807) is 7.11 Å². The standard InChI is InChI=1S/C16H23FN2O/c1-16(2)14-8-18-7-12(14)10-19(16)9-11-4-5-13(20-3)6-15(11)17/h4-6,12,14,18H,7-10H2,1-3H3. The zero-order valence-corrected chi connectivity index (χ0v) is 12.4. The van der Waals surface area contributed by atoms with Crippen LogP contribution in [0.1, 0.15) is 19.4 Å². The minimum absolute atomic E-state index is 0.126. The highest BCUT2D eigenvalue weighted by Crippen LogP contribution is 2.41. The Morgan fingerprint density at radius 1 is 1.40 bits per heavy atom. The summed E-state index contributed by atoms with van der Waals surface area (Å²) in [5, 5.41) is 3.47. The summed E-state index contributed by atoms with van der Waals surface area (Å²) in [6.45, 7) is 8.47. The molecule has 1 N–H and O–H groups in total. The number of methoxy groups -OCH3 is 1. The lowest BCUT2D eigenvalue weighted by Crippen LogP contribution is -2.44. The molecule has 2 fully saturated rings. The first-order valence-corrected chi connectivity index (χ1v) is 7.30. The van der Waals surface area contributed by atoms with Crippen LogP contribution in [0, 0.1) is 17.7 Å². The van der Waals surface area contributed by atoms with Crippen molar-refractivity contribution in [1.29, 1.82) is 0 Å². The molecule has 0 aromatic heterocycles. The average Bonchev–Trinajstić information content (AvgIpc) is 2.96. The number of hydrogen-bond acceptors (Lipinski definition) is 3. The van der Waals surface area contributed by atoms with Crippen molar-refractivity contribution in [1.82, 2.24) is 10.2 Å². The van der Waals surface area contributed by atoms with Gasteiger partial charge in [0, 0.05) is 36.8 Å². The predicted octanol–water partition coefficient (Wildman–Crippen LogP) is 2.26. The Morgan fingerprint density at radius 2 is 2.20 bits per heavy atom. The maximum atomic E-state index is 14.1. The lowest BCUT2D eigenvalue weighted by molar-refractivity contribution is 0.130. The number of benzene rings is 1. The largest absolute Gasteiger partial charge is 0.497 e. The Labute approximate surface area is 120 Å². The molecule has 0 bridgehead atoms. The fourth-order valence-corrected chi connectivity index (χ4v) is 3.76. The van der Waals surface area contributed by atoms with Gasteiger partial charge in [-0.05, 0) is 38.3 Å². The monoisotopic (exact) mass is 278 g/mol. The molecule has 20 heavy (non-hydrogen) atoms. The maximum absolute atomic E-state index is 14.1. The third-order valence-corrected chi connectivity index (χ3v) is 5.14. The van der Waals surface area contributed by atoms with Crippen LogP contribution in [0.5, 0.6) is 5.75 Å². The normalized spacial score (nSPS) is 28.6. The SMILES string of the molecule is COc1ccc(CN2CC3CNCC3C2(C)C)c(F)c1. The van der Waals surface area contributed by atoms with E-state index in [2.05, 4.69) is 24.1 Å². The molecule has 4 heteroatoms. The van der Waals surface area contributed by atoms with Crippen molar-refractivity contribution < 1.29 is 9.13 Å². The second kappa shape index (κ2) is 5.01. The van der Waals surface area contributed by atoms with Gasteiger partial charge >= 0.3 is 0 Å². The molecule has 2 aliphatic rings. The van der Waals surface area contributed by atoms with E-state index < -0.39 is 0 Å². The molecule has 3 nitrogen and oxygen atoms in total. The molecular weight excluding hydrogens is 255 g/mol. The number of fused-ring (bicyclic) bond motifs is 1. The van der Waals surface area contributed by atoms with Crippen LogP contribution in [0.2, 0.25) is 0 Å². The van der Waals surface area contributed by atoms with E-state index in [4.69, 9.17) is 4.74 Å². The molecule has 2 atom stereocenters. The Kier molecular flexibility index (Phi) is 3.46. The van der Waals surface area contributed by atoms with Crippen LogP contribution < -0.4 is 10.1 Å². The van der Waals surface area contributed by atoms with Gasteiger partial charge in [-0.1, -0.05) is 6.07 Å². The summed E-state index contributed by atoms with van der Waals surface area (Å²) in [5.41, 5.74) is 0.882. The smallest absolute Gasteiger partial charge is 0.131 e. The number of likely N-dealkylation sites (tertiary alicyclic amines) is 1. The molecule has 2 heterocycles. The highest BCUT2D eigenvalue weighted by atomic mass is 19.1. The van der Waals surface area contributed by atoms with Gasteiger partial charge in [0.15, 0.2) is 0 Å². The first-order valence-electron chi connectivity index (χ1n) is 7.30. The Balaban J connectivity index is 1.78. The predicted molar refractivity (Wildman–Crippen MR) is 77.3 cm³/mol. The van der Waals surface area contributed by atoms with Gasteiger partial charge in [0.2, 0.25) is 0 Å². The number of ether oxygens (including phenoxy) is 1. The van der Waals surface area contributed by atoms with E-state index in [0.29, 0.717) is 24.1 Å². The van der Waals surface area contributed by atoms with Gasteiger partial charge in [0.05, 0.1) is 7.11 Å². The van der Waals surface area contributed by atoms with Crippen molar-refractivity contribution in [3.63, 3.8) is 0 Å². The Morgan fingerprint density at radius 3 is 2.85 bits per heavy atom. The number of nitrogens with zero attached hydrogens (tertiary/aromatic N) is 1. The van der Waals surface area contributed by atoms with Crippen molar-refractivity contribution in [3.8, 4) is 5.75 Å². The van der Waals surface area contributed by atoms with Crippen molar-refractivity contribution in [2.75, 3.05) is 26.7 Å². The van der Waals surface area contributed by atoms with E-state index in [1.807, 2.05) is 12.1 Å². The fraction of sp³-hybridized carbons (Fsp3) is 0.625. The van der Waals surface area contributed by atoms with Gasteiger partial charge in [-0.15, -0.1) is 0 Å². The Bertz CT molecular complexity index is 503. The van der Waals surface area contributed by atoms with Crippen molar-refractivity contribution in [2.24, 2.45) is 11.8 Å². The second-order valence-corrected chi connectivity index (χ2v) is 6.52. The molecule has 2 unspecified atom stereocenters. The second-order valence-electron chi connectivity index (χ2n) is 6.52. The minimum Gasteiger partial charge on any atom is -0.497 e. The van der Waals surface area contributed by atoms with Crippen LogP contribution in [-0.4, -0.2) is 37.2 Å². The van der Waals surface area contributed by atoms with Gasteiger partial charge < -0.3 is 10.1 Å². The summed E-state index contributed by atoms with van der Waals surface area (Å²) >= 11 is 0. The third-order valence-electron chi connectivity index (χ3n) is 5.14. The molecular formula is C16H23FN2O. The summed E-state index contributed by atoms with van der Waals surface area (Å²) in [4.78, 5) is 2.42. The molecule has 1 aromatic rings. The first-order chi connectivity index (χ1) is 9.52. The van der Waals surface area contributed by atoms with Crippen molar-refractivity contribution >= 4 is 0 Å². The third kappa shape index (κ3) is 2.21. The maximum Gasteiger partial charge on any atom is 0.131 e. The summed E-state index contributed by atoms with van der Waals surface area (Å²) in [7, 11) is 1.56. The molecule has 110 valence electrons. The van der Waals surface area contributed by atoms with E-state index in [9.17, 15) is 4.39 Å². The molecule has 0 amide bonds. The number of rotatable bonds is 3. The van der Waals surface area contributed by atoms with Crippen LogP contribution in [0.3, 0.4) is 0 Å². The van der Waals surface area contributed by atoms with E-state index in [-0.39, 0.29) is 11.4 Å². The van der Waals surface area contributed by atoms with Gasteiger partial charge in [0.1, 0.15) is 11.6 Å². The van der Waals surface area contributed by atoms with Crippen LogP contribution in [0.15, 0.2) is 18.2 Å². The molecule has 3 rings (SSSR count). The molecule has 0 saturated carbocycles.